The van der Waals surface area contributed by atoms with E-state index in [0.717, 1.165) is 5.69 Å². The molecule has 0 aliphatic carbocycles. The Morgan fingerprint density at radius 2 is 1.96 bits per heavy atom. The van der Waals surface area contributed by atoms with Crippen LogP contribution in [0.15, 0.2) is 54.9 Å². The molecule has 1 heterocycles. The van der Waals surface area contributed by atoms with Gasteiger partial charge in [0.05, 0.1) is 10.3 Å². The van der Waals surface area contributed by atoms with E-state index in [-0.39, 0.29) is 11.5 Å². The predicted molar refractivity (Wildman–Crippen MR) is 86.9 cm³/mol. The average Bonchev–Trinajstić information content (AvgIpc) is 2.55. The summed E-state index contributed by atoms with van der Waals surface area (Å²) in [4.78, 5) is 16.6. The minimum absolute atomic E-state index is 0.0103. The van der Waals surface area contributed by atoms with Crippen LogP contribution in [0.3, 0.4) is 0 Å². The number of pyridine rings is 1. The van der Waals surface area contributed by atoms with Crippen LogP contribution in [-0.2, 0) is 6.54 Å². The highest BCUT2D eigenvalue weighted by atomic mass is 19.1. The second kappa shape index (κ2) is 6.00. The van der Waals surface area contributed by atoms with Crippen molar-refractivity contribution in [1.29, 1.82) is 0 Å². The Hall–Kier alpha value is -3.02. The van der Waals surface area contributed by atoms with Crippen LogP contribution in [0, 0.1) is 15.9 Å². The van der Waals surface area contributed by atoms with E-state index in [1.54, 1.807) is 36.5 Å². The van der Waals surface area contributed by atoms with Crippen molar-refractivity contribution in [2.24, 2.45) is 0 Å². The van der Waals surface area contributed by atoms with Crippen molar-refractivity contribution in [3.63, 3.8) is 0 Å². The van der Waals surface area contributed by atoms with Crippen LogP contribution in [-0.4, -0.2) is 17.0 Å². The fourth-order valence-electron chi connectivity index (χ4n) is 2.62. The smallest absolute Gasteiger partial charge is 0.278 e. The molecule has 0 radical (unpaired) electrons. The Morgan fingerprint density at radius 3 is 2.70 bits per heavy atom. The molecule has 3 aromatic rings. The lowest BCUT2D eigenvalue weighted by Crippen LogP contribution is -2.17. The SMILES string of the molecule is CN(Cc1ccccc1F)c1ccc([N+](=O)[O-])c2cnccc12. The third-order valence-corrected chi connectivity index (χ3v) is 3.75. The van der Waals surface area contributed by atoms with Gasteiger partial charge in [-0.15, -0.1) is 0 Å². The molecule has 0 aliphatic rings. The predicted octanol–water partition coefficient (Wildman–Crippen LogP) is 3.92. The van der Waals surface area contributed by atoms with Crippen LogP contribution in [0.2, 0.25) is 0 Å². The quantitative estimate of drug-likeness (QED) is 0.541. The summed E-state index contributed by atoms with van der Waals surface area (Å²) in [5.41, 5.74) is 1.36. The molecule has 1 aromatic heterocycles. The summed E-state index contributed by atoms with van der Waals surface area (Å²) < 4.78 is 13.8. The first-order valence-corrected chi connectivity index (χ1v) is 7.03. The normalized spacial score (nSPS) is 10.7. The van der Waals surface area contributed by atoms with Crippen LogP contribution < -0.4 is 4.90 Å². The van der Waals surface area contributed by atoms with Crippen LogP contribution in [0.4, 0.5) is 15.8 Å². The Morgan fingerprint density at radius 1 is 1.17 bits per heavy atom. The molecule has 0 N–H and O–H groups in total. The van der Waals surface area contributed by atoms with Gasteiger partial charge in [0.25, 0.3) is 5.69 Å². The summed E-state index contributed by atoms with van der Waals surface area (Å²) in [7, 11) is 1.83. The number of nitro benzene ring substituents is 1. The fourth-order valence-corrected chi connectivity index (χ4v) is 2.62. The van der Waals surface area contributed by atoms with Gasteiger partial charge < -0.3 is 4.90 Å². The lowest BCUT2D eigenvalue weighted by Gasteiger charge is -2.21. The Kier molecular flexibility index (Phi) is 3.89. The zero-order valence-electron chi connectivity index (χ0n) is 12.4. The fraction of sp³-hybridized carbons (Fsp3) is 0.118. The molecule has 2 aromatic carbocycles. The first-order chi connectivity index (χ1) is 11.1. The highest BCUT2D eigenvalue weighted by molar-refractivity contribution is 5.99. The molecule has 0 aliphatic heterocycles. The lowest BCUT2D eigenvalue weighted by atomic mass is 10.1. The molecular formula is C17H14FN3O2. The highest BCUT2D eigenvalue weighted by Gasteiger charge is 2.16. The molecule has 5 nitrogen and oxygen atoms in total. The number of hydrogen-bond donors (Lipinski definition) is 0. The van der Waals surface area contributed by atoms with Gasteiger partial charge in [-0.05, 0) is 18.2 Å². The molecule has 0 saturated carbocycles. The minimum atomic E-state index is -0.426. The molecule has 0 amide bonds. The highest BCUT2D eigenvalue weighted by Crippen LogP contribution is 2.33. The molecular weight excluding hydrogens is 297 g/mol. The summed E-state index contributed by atoms with van der Waals surface area (Å²) in [6.45, 7) is 0.363. The second-order valence-electron chi connectivity index (χ2n) is 5.23. The van der Waals surface area contributed by atoms with Crippen molar-refractivity contribution in [2.45, 2.75) is 6.54 Å². The summed E-state index contributed by atoms with van der Waals surface area (Å²) in [5, 5.41) is 12.3. The zero-order valence-corrected chi connectivity index (χ0v) is 12.4. The number of anilines is 1. The summed E-state index contributed by atoms with van der Waals surface area (Å²) >= 11 is 0. The van der Waals surface area contributed by atoms with Gasteiger partial charge in [-0.2, -0.15) is 0 Å². The largest absolute Gasteiger partial charge is 0.370 e. The van der Waals surface area contributed by atoms with Crippen molar-refractivity contribution in [1.82, 2.24) is 4.98 Å². The summed E-state index contributed by atoms with van der Waals surface area (Å²) in [6.07, 6.45) is 3.07. The van der Waals surface area contributed by atoms with Gasteiger partial charge in [0, 0.05) is 48.7 Å². The monoisotopic (exact) mass is 311 g/mol. The molecule has 116 valence electrons. The third-order valence-electron chi connectivity index (χ3n) is 3.75. The topological polar surface area (TPSA) is 59.3 Å². The lowest BCUT2D eigenvalue weighted by molar-refractivity contribution is -0.383. The first-order valence-electron chi connectivity index (χ1n) is 7.03. The molecule has 0 atom stereocenters. The van der Waals surface area contributed by atoms with Crippen molar-refractivity contribution in [3.8, 4) is 0 Å². The number of rotatable bonds is 4. The van der Waals surface area contributed by atoms with Gasteiger partial charge in [-0.1, -0.05) is 18.2 Å². The van der Waals surface area contributed by atoms with Crippen molar-refractivity contribution < 1.29 is 9.31 Å². The Bertz CT molecular complexity index is 883. The van der Waals surface area contributed by atoms with Crippen LogP contribution >= 0.6 is 0 Å². The maximum Gasteiger partial charge on any atom is 0.278 e. The van der Waals surface area contributed by atoms with E-state index in [9.17, 15) is 14.5 Å². The zero-order chi connectivity index (χ0) is 16.4. The summed E-state index contributed by atoms with van der Waals surface area (Å²) in [6, 6.07) is 11.4. The van der Waals surface area contributed by atoms with Crippen LogP contribution in [0.1, 0.15) is 5.56 Å². The third kappa shape index (κ3) is 2.83. The Labute approximate surface area is 132 Å². The molecule has 0 spiro atoms. The van der Waals surface area contributed by atoms with Gasteiger partial charge in [-0.25, -0.2) is 4.39 Å². The molecule has 6 heteroatoms. The molecule has 0 bridgehead atoms. The number of benzene rings is 2. The number of non-ortho nitro benzene ring substituents is 1. The number of aromatic nitrogens is 1. The van der Waals surface area contributed by atoms with Gasteiger partial charge in [0.1, 0.15) is 5.82 Å². The van der Waals surface area contributed by atoms with Crippen molar-refractivity contribution >= 4 is 22.1 Å². The van der Waals surface area contributed by atoms with Gasteiger partial charge in [0.2, 0.25) is 0 Å². The van der Waals surface area contributed by atoms with E-state index in [1.807, 2.05) is 11.9 Å². The summed E-state index contributed by atoms with van der Waals surface area (Å²) in [5.74, 6) is -0.271. The van der Waals surface area contributed by atoms with Crippen LogP contribution in [0.25, 0.3) is 10.8 Å². The number of halogens is 1. The van der Waals surface area contributed by atoms with E-state index in [0.29, 0.717) is 22.9 Å². The van der Waals surface area contributed by atoms with Gasteiger partial charge in [-0.3, -0.25) is 15.1 Å². The molecule has 0 unspecified atom stereocenters. The number of hydrogen-bond acceptors (Lipinski definition) is 4. The van der Waals surface area contributed by atoms with E-state index in [1.165, 1.54) is 18.3 Å². The second-order valence-corrected chi connectivity index (χ2v) is 5.23. The Balaban J connectivity index is 2.05. The average molecular weight is 311 g/mol. The number of fused-ring (bicyclic) bond motifs is 1. The van der Waals surface area contributed by atoms with E-state index in [4.69, 9.17) is 0 Å². The van der Waals surface area contributed by atoms with Crippen LogP contribution in [0.5, 0.6) is 0 Å². The number of nitro groups is 1. The van der Waals surface area contributed by atoms with E-state index >= 15 is 0 Å². The molecule has 0 saturated heterocycles. The van der Waals surface area contributed by atoms with E-state index < -0.39 is 4.92 Å². The maximum absolute atomic E-state index is 13.8. The van der Waals surface area contributed by atoms with E-state index in [2.05, 4.69) is 4.98 Å². The number of nitrogens with zero attached hydrogens (tertiary/aromatic N) is 3. The standard InChI is InChI=1S/C17H14FN3O2/c1-20(11-12-4-2-3-5-15(12)18)16-6-7-17(21(22)23)14-10-19-9-8-13(14)16/h2-10H,11H2,1H3. The molecule has 23 heavy (non-hydrogen) atoms. The molecule has 3 rings (SSSR count). The van der Waals surface area contributed by atoms with Crippen molar-refractivity contribution in [2.75, 3.05) is 11.9 Å². The maximum atomic E-state index is 13.8. The van der Waals surface area contributed by atoms with Gasteiger partial charge in [0.15, 0.2) is 0 Å². The molecule has 0 fully saturated rings. The van der Waals surface area contributed by atoms with Crippen molar-refractivity contribution in [3.05, 3.63) is 76.4 Å². The van der Waals surface area contributed by atoms with Gasteiger partial charge >= 0.3 is 0 Å². The minimum Gasteiger partial charge on any atom is -0.370 e. The first kappa shape index (κ1) is 14.9.